The Labute approximate surface area is 111 Å². The van der Waals surface area contributed by atoms with Crippen LogP contribution in [-0.4, -0.2) is 27.0 Å². The minimum atomic E-state index is -4.44. The number of carbonyl (C=O) groups excluding carboxylic acids is 1. The number of amides is 1. The zero-order valence-corrected chi connectivity index (χ0v) is 10.7. The quantitative estimate of drug-likeness (QED) is 0.817. The molecule has 1 rings (SSSR count). The zero-order valence-electron chi connectivity index (χ0n) is 9.87. The number of primary sulfonamides is 1. The molecule has 0 aromatic heterocycles. The lowest BCUT2D eigenvalue weighted by molar-refractivity contribution is -0.132. The smallest absolute Gasteiger partial charge is 0.352 e. The van der Waals surface area contributed by atoms with Crippen molar-refractivity contribution >= 4 is 15.9 Å². The summed E-state index contributed by atoms with van der Waals surface area (Å²) in [5.41, 5.74) is -0.434. The van der Waals surface area contributed by atoms with E-state index < -0.39 is 51.3 Å². The van der Waals surface area contributed by atoms with Crippen molar-refractivity contribution in [1.29, 1.82) is 0 Å². The average Bonchev–Trinajstić information content (AvgIpc) is 2.25. The molecule has 0 aliphatic rings. The van der Waals surface area contributed by atoms with Gasteiger partial charge in [0.1, 0.15) is 5.82 Å². The van der Waals surface area contributed by atoms with Gasteiger partial charge in [0.25, 0.3) is 5.91 Å². The molecule has 0 unspecified atom stereocenters. The fraction of sp³-hybridized carbons (Fsp3) is 0.300. The third-order valence-corrected chi connectivity index (χ3v) is 3.05. The van der Waals surface area contributed by atoms with Gasteiger partial charge in [-0.05, 0) is 18.2 Å². The number of nitrogens with one attached hydrogen (secondary N) is 1. The van der Waals surface area contributed by atoms with Crippen molar-refractivity contribution < 1.29 is 30.8 Å². The summed E-state index contributed by atoms with van der Waals surface area (Å²) in [6, 6.07) is 2.07. The Morgan fingerprint density at radius 3 is 2.35 bits per heavy atom. The Morgan fingerprint density at radius 1 is 1.25 bits per heavy atom. The summed E-state index contributed by atoms with van der Waals surface area (Å²) in [5, 5.41) is 6.68. The van der Waals surface area contributed by atoms with Gasteiger partial charge in [-0.1, -0.05) is 0 Å². The van der Waals surface area contributed by atoms with Crippen LogP contribution in [0, 0.1) is 5.82 Å². The van der Waals surface area contributed by atoms with Gasteiger partial charge in [-0.3, -0.25) is 4.79 Å². The van der Waals surface area contributed by atoms with E-state index in [2.05, 4.69) is 0 Å². The summed E-state index contributed by atoms with van der Waals surface area (Å²) in [7, 11) is -4.23. The van der Waals surface area contributed by atoms with Crippen molar-refractivity contribution in [2.45, 2.75) is 17.5 Å². The van der Waals surface area contributed by atoms with Gasteiger partial charge in [0, 0.05) is 12.1 Å². The number of carbonyl (C=O) groups is 1. The number of nitrogens with two attached hydrogens (primary N) is 1. The Bertz CT molecular complexity index is 613. The molecule has 112 valence electrons. The Morgan fingerprint density at radius 2 is 1.85 bits per heavy atom. The van der Waals surface area contributed by atoms with Crippen LogP contribution in [0.3, 0.4) is 0 Å². The lowest BCUT2D eigenvalue weighted by Gasteiger charge is -2.08. The molecule has 0 saturated carbocycles. The highest BCUT2D eigenvalue weighted by molar-refractivity contribution is 7.89. The monoisotopic (exact) mass is 314 g/mol. The van der Waals surface area contributed by atoms with Crippen LogP contribution in [0.1, 0.15) is 16.8 Å². The van der Waals surface area contributed by atoms with E-state index in [0.717, 1.165) is 6.07 Å². The molecule has 0 bridgehead atoms. The number of benzene rings is 1. The highest BCUT2D eigenvalue weighted by atomic mass is 32.2. The predicted octanol–water partition coefficient (Wildman–Crippen LogP) is 1.16. The second kappa shape index (κ2) is 5.75. The molecule has 0 aliphatic carbocycles. The molecule has 5 nitrogen and oxygen atoms in total. The van der Waals surface area contributed by atoms with Crippen LogP contribution in [0.15, 0.2) is 23.1 Å². The summed E-state index contributed by atoms with van der Waals surface area (Å²) in [5.74, 6) is -2.07. The van der Waals surface area contributed by atoms with Crippen molar-refractivity contribution in [2.75, 3.05) is 6.54 Å². The standard InChI is InChI=1S/C10H10F4N2O3S/c11-7-3-6(4-8(5-7)20(15,18)19)9(17)16-2-1-10(12,13)14/h3-5H,1-2H2,(H,16,17)(H2,15,18,19). The Kier molecular flexibility index (Phi) is 4.71. The van der Waals surface area contributed by atoms with Crippen molar-refractivity contribution in [3.8, 4) is 0 Å². The molecule has 0 saturated heterocycles. The molecule has 0 heterocycles. The fourth-order valence-electron chi connectivity index (χ4n) is 1.28. The van der Waals surface area contributed by atoms with Gasteiger partial charge >= 0.3 is 6.18 Å². The lowest BCUT2D eigenvalue weighted by atomic mass is 10.2. The van der Waals surface area contributed by atoms with Gasteiger partial charge in [-0.15, -0.1) is 0 Å². The molecule has 0 aliphatic heterocycles. The van der Waals surface area contributed by atoms with Gasteiger partial charge in [-0.2, -0.15) is 13.2 Å². The maximum atomic E-state index is 13.1. The van der Waals surface area contributed by atoms with Crippen LogP contribution in [-0.2, 0) is 10.0 Å². The zero-order chi connectivity index (χ0) is 15.6. The van der Waals surface area contributed by atoms with E-state index in [4.69, 9.17) is 5.14 Å². The topological polar surface area (TPSA) is 89.3 Å². The van der Waals surface area contributed by atoms with Crippen molar-refractivity contribution in [3.05, 3.63) is 29.6 Å². The summed E-state index contributed by atoms with van der Waals surface area (Å²) < 4.78 is 70.9. The summed E-state index contributed by atoms with van der Waals surface area (Å²) in [6.45, 7) is -0.705. The first-order chi connectivity index (χ1) is 8.99. The van der Waals surface area contributed by atoms with Crippen LogP contribution in [0.25, 0.3) is 0 Å². The second-order valence-electron chi connectivity index (χ2n) is 3.84. The third-order valence-electron chi connectivity index (χ3n) is 2.16. The van der Waals surface area contributed by atoms with Crippen LogP contribution in [0.2, 0.25) is 0 Å². The molecule has 0 fully saturated rings. The van der Waals surface area contributed by atoms with Crippen molar-refractivity contribution in [2.24, 2.45) is 5.14 Å². The third kappa shape index (κ3) is 5.13. The molecule has 1 aromatic rings. The van der Waals surface area contributed by atoms with E-state index in [1.54, 1.807) is 0 Å². The number of halogens is 4. The minimum Gasteiger partial charge on any atom is -0.352 e. The first-order valence-electron chi connectivity index (χ1n) is 5.17. The lowest BCUT2D eigenvalue weighted by Crippen LogP contribution is -2.28. The van der Waals surface area contributed by atoms with E-state index in [-0.39, 0.29) is 0 Å². The molecular formula is C10H10F4N2O3S. The van der Waals surface area contributed by atoms with Crippen molar-refractivity contribution in [3.63, 3.8) is 0 Å². The maximum absolute atomic E-state index is 13.1. The van der Waals surface area contributed by atoms with Crippen LogP contribution < -0.4 is 10.5 Å². The summed E-state index contributed by atoms with van der Waals surface area (Å²) >= 11 is 0. The number of hydrogen-bond acceptors (Lipinski definition) is 3. The SMILES string of the molecule is NS(=O)(=O)c1cc(F)cc(C(=O)NCCC(F)(F)F)c1. The molecule has 1 aromatic carbocycles. The molecule has 20 heavy (non-hydrogen) atoms. The summed E-state index contributed by atoms with van der Waals surface area (Å²) in [4.78, 5) is 10.8. The Balaban J connectivity index is 2.86. The van der Waals surface area contributed by atoms with Gasteiger partial charge in [0.05, 0.1) is 11.3 Å². The van der Waals surface area contributed by atoms with E-state index in [0.29, 0.717) is 12.1 Å². The van der Waals surface area contributed by atoms with E-state index in [9.17, 15) is 30.8 Å². The first-order valence-corrected chi connectivity index (χ1v) is 6.72. The fourth-order valence-corrected chi connectivity index (χ4v) is 1.85. The number of hydrogen-bond donors (Lipinski definition) is 2. The number of sulfonamides is 1. The van der Waals surface area contributed by atoms with Gasteiger partial charge in [0.2, 0.25) is 10.0 Å². The molecule has 0 atom stereocenters. The molecule has 3 N–H and O–H groups in total. The van der Waals surface area contributed by atoms with E-state index in [1.165, 1.54) is 0 Å². The molecule has 10 heteroatoms. The van der Waals surface area contributed by atoms with Crippen LogP contribution in [0.5, 0.6) is 0 Å². The first kappa shape index (κ1) is 16.4. The highest BCUT2D eigenvalue weighted by Gasteiger charge is 2.26. The van der Waals surface area contributed by atoms with Gasteiger partial charge < -0.3 is 5.32 Å². The largest absolute Gasteiger partial charge is 0.390 e. The number of rotatable bonds is 4. The van der Waals surface area contributed by atoms with Crippen LogP contribution in [0.4, 0.5) is 17.6 Å². The number of alkyl halides is 3. The Hall–Kier alpha value is -1.68. The summed E-state index contributed by atoms with van der Waals surface area (Å²) in [6.07, 6.45) is -5.70. The highest BCUT2D eigenvalue weighted by Crippen LogP contribution is 2.18. The normalized spacial score (nSPS) is 12.2. The second-order valence-corrected chi connectivity index (χ2v) is 5.40. The molecule has 0 spiro atoms. The molecular weight excluding hydrogens is 304 g/mol. The molecule has 0 radical (unpaired) electrons. The van der Waals surface area contributed by atoms with E-state index >= 15 is 0 Å². The molecule has 1 amide bonds. The predicted molar refractivity (Wildman–Crippen MR) is 60.8 cm³/mol. The maximum Gasteiger partial charge on any atom is 0.390 e. The minimum absolute atomic E-state index is 0.434. The van der Waals surface area contributed by atoms with Gasteiger partial charge in [0.15, 0.2) is 0 Å². The van der Waals surface area contributed by atoms with Crippen LogP contribution >= 0.6 is 0 Å². The van der Waals surface area contributed by atoms with E-state index in [1.807, 2.05) is 5.32 Å². The van der Waals surface area contributed by atoms with Gasteiger partial charge in [-0.25, -0.2) is 17.9 Å². The average molecular weight is 314 g/mol. The van der Waals surface area contributed by atoms with Crippen molar-refractivity contribution in [1.82, 2.24) is 5.32 Å².